The van der Waals surface area contributed by atoms with Gasteiger partial charge in [0.2, 0.25) is 0 Å². The van der Waals surface area contributed by atoms with Gasteiger partial charge in [-0.15, -0.1) is 0 Å². The predicted molar refractivity (Wildman–Crippen MR) is 65.4 cm³/mol. The van der Waals surface area contributed by atoms with Crippen LogP contribution in [0.1, 0.15) is 25.7 Å². The van der Waals surface area contributed by atoms with E-state index in [1.165, 1.54) is 7.11 Å². The standard InChI is InChI=1S/C10H18N2O6S/c1-17-9(13)7-3-5-8(6-4-7)11-19(15,16)12-10(14)18-2/h7-8,11H,3-6H2,1-2H3,(H,12,14). The molecule has 1 amide bonds. The van der Waals surface area contributed by atoms with E-state index in [0.717, 1.165) is 7.11 Å². The van der Waals surface area contributed by atoms with Crippen LogP contribution in [0.15, 0.2) is 0 Å². The zero-order chi connectivity index (χ0) is 14.5. The van der Waals surface area contributed by atoms with Crippen LogP contribution in [0.3, 0.4) is 0 Å². The van der Waals surface area contributed by atoms with E-state index in [1.807, 2.05) is 0 Å². The van der Waals surface area contributed by atoms with Gasteiger partial charge in [0.1, 0.15) is 0 Å². The van der Waals surface area contributed by atoms with Crippen LogP contribution in [-0.2, 0) is 24.5 Å². The van der Waals surface area contributed by atoms with Gasteiger partial charge in [0.15, 0.2) is 0 Å². The first kappa shape index (κ1) is 15.7. The number of rotatable bonds is 4. The Morgan fingerprint density at radius 3 is 2.11 bits per heavy atom. The second kappa shape index (κ2) is 6.71. The van der Waals surface area contributed by atoms with E-state index in [4.69, 9.17) is 0 Å². The van der Waals surface area contributed by atoms with Crippen molar-refractivity contribution in [3.05, 3.63) is 0 Å². The van der Waals surface area contributed by atoms with Crippen molar-refractivity contribution < 1.29 is 27.5 Å². The molecule has 0 heterocycles. The van der Waals surface area contributed by atoms with E-state index in [0.29, 0.717) is 25.7 Å². The Labute approximate surface area is 112 Å². The van der Waals surface area contributed by atoms with Crippen LogP contribution in [0.25, 0.3) is 0 Å². The molecule has 0 unspecified atom stereocenters. The summed E-state index contributed by atoms with van der Waals surface area (Å²) >= 11 is 0. The molecule has 0 bridgehead atoms. The lowest BCUT2D eigenvalue weighted by molar-refractivity contribution is -0.146. The summed E-state index contributed by atoms with van der Waals surface area (Å²) in [5.74, 6) is -0.451. The molecule has 110 valence electrons. The molecule has 1 fully saturated rings. The molecule has 0 radical (unpaired) electrons. The van der Waals surface area contributed by atoms with Crippen LogP contribution in [0.2, 0.25) is 0 Å². The molecule has 19 heavy (non-hydrogen) atoms. The van der Waals surface area contributed by atoms with Crippen molar-refractivity contribution in [1.29, 1.82) is 0 Å². The summed E-state index contributed by atoms with van der Waals surface area (Å²) in [4.78, 5) is 22.1. The number of carbonyl (C=O) groups excluding carboxylic acids is 2. The van der Waals surface area contributed by atoms with E-state index in [9.17, 15) is 18.0 Å². The number of esters is 1. The van der Waals surface area contributed by atoms with Crippen molar-refractivity contribution in [2.45, 2.75) is 31.7 Å². The molecular weight excluding hydrogens is 276 g/mol. The Bertz CT molecular complexity index is 427. The van der Waals surface area contributed by atoms with E-state index in [1.54, 1.807) is 4.72 Å². The number of hydrogen-bond acceptors (Lipinski definition) is 6. The zero-order valence-electron chi connectivity index (χ0n) is 10.8. The molecule has 2 N–H and O–H groups in total. The normalized spacial score (nSPS) is 23.5. The molecule has 9 heteroatoms. The molecule has 1 saturated carbocycles. The second-order valence-corrected chi connectivity index (χ2v) is 5.73. The van der Waals surface area contributed by atoms with Crippen LogP contribution < -0.4 is 9.44 Å². The van der Waals surface area contributed by atoms with Crippen LogP contribution >= 0.6 is 0 Å². The Hall–Kier alpha value is -1.35. The topological polar surface area (TPSA) is 111 Å². The van der Waals surface area contributed by atoms with Gasteiger partial charge in [-0.05, 0) is 25.7 Å². The third-order valence-corrected chi connectivity index (χ3v) is 4.07. The van der Waals surface area contributed by atoms with Gasteiger partial charge in [-0.25, -0.2) is 9.52 Å². The van der Waals surface area contributed by atoms with Crippen molar-refractivity contribution in [3.8, 4) is 0 Å². The first-order valence-corrected chi connectivity index (χ1v) is 7.32. The lowest BCUT2D eigenvalue weighted by Gasteiger charge is -2.27. The number of nitrogens with one attached hydrogen (secondary N) is 2. The van der Waals surface area contributed by atoms with Gasteiger partial charge in [-0.1, -0.05) is 0 Å². The van der Waals surface area contributed by atoms with Gasteiger partial charge >= 0.3 is 22.3 Å². The fraction of sp³-hybridized carbons (Fsp3) is 0.800. The third-order valence-electron chi connectivity index (χ3n) is 2.99. The second-order valence-electron chi connectivity index (χ2n) is 4.29. The fourth-order valence-electron chi connectivity index (χ4n) is 2.01. The minimum absolute atomic E-state index is 0.181. The highest BCUT2D eigenvalue weighted by Gasteiger charge is 2.29. The van der Waals surface area contributed by atoms with Gasteiger partial charge in [0.25, 0.3) is 0 Å². The summed E-state index contributed by atoms with van der Waals surface area (Å²) in [6, 6.07) is -0.303. The highest BCUT2D eigenvalue weighted by molar-refractivity contribution is 7.88. The highest BCUT2D eigenvalue weighted by Crippen LogP contribution is 2.25. The minimum atomic E-state index is -3.93. The lowest BCUT2D eigenvalue weighted by atomic mass is 9.86. The van der Waals surface area contributed by atoms with Crippen LogP contribution in [0.4, 0.5) is 4.79 Å². The van der Waals surface area contributed by atoms with Gasteiger partial charge in [0, 0.05) is 6.04 Å². The van der Waals surface area contributed by atoms with Gasteiger partial charge < -0.3 is 9.47 Å². The molecule has 0 aromatic carbocycles. The Morgan fingerprint density at radius 1 is 1.05 bits per heavy atom. The monoisotopic (exact) mass is 294 g/mol. The summed E-state index contributed by atoms with van der Waals surface area (Å²) in [6.45, 7) is 0. The minimum Gasteiger partial charge on any atom is -0.469 e. The maximum Gasteiger partial charge on any atom is 0.421 e. The number of ether oxygens (including phenoxy) is 2. The van der Waals surface area contributed by atoms with Crippen molar-refractivity contribution in [1.82, 2.24) is 9.44 Å². The molecule has 0 aliphatic heterocycles. The number of amides is 1. The summed E-state index contributed by atoms with van der Waals surface area (Å²) in [5.41, 5.74) is 0. The van der Waals surface area contributed by atoms with Crippen molar-refractivity contribution in [2.24, 2.45) is 5.92 Å². The molecule has 0 aromatic rings. The number of hydrogen-bond donors (Lipinski definition) is 2. The first-order chi connectivity index (χ1) is 8.88. The summed E-state index contributed by atoms with van der Waals surface area (Å²) < 4.78 is 36.0. The summed E-state index contributed by atoms with van der Waals surface area (Å²) in [6.07, 6.45) is 1.09. The van der Waals surface area contributed by atoms with E-state index in [2.05, 4.69) is 14.2 Å². The van der Waals surface area contributed by atoms with Crippen LogP contribution in [-0.4, -0.2) is 40.7 Å². The smallest absolute Gasteiger partial charge is 0.421 e. The van der Waals surface area contributed by atoms with Crippen molar-refractivity contribution in [2.75, 3.05) is 14.2 Å². The Balaban J connectivity index is 2.44. The average Bonchev–Trinajstić information content (AvgIpc) is 2.37. The third kappa shape index (κ3) is 5.03. The Kier molecular flexibility index (Phi) is 5.55. The average molecular weight is 294 g/mol. The first-order valence-electron chi connectivity index (χ1n) is 5.83. The highest BCUT2D eigenvalue weighted by atomic mass is 32.2. The van der Waals surface area contributed by atoms with Gasteiger partial charge in [-0.3, -0.25) is 4.79 Å². The molecule has 1 aliphatic rings. The van der Waals surface area contributed by atoms with E-state index in [-0.39, 0.29) is 17.9 Å². The predicted octanol–water partition coefficient (Wildman–Crippen LogP) is -0.0914. The molecule has 8 nitrogen and oxygen atoms in total. The number of carbonyl (C=O) groups is 2. The fourth-order valence-corrected chi connectivity index (χ4v) is 3.05. The van der Waals surface area contributed by atoms with E-state index < -0.39 is 16.3 Å². The molecular formula is C10H18N2O6S. The maximum atomic E-state index is 11.5. The molecule has 1 rings (SSSR count). The molecule has 1 aliphatic carbocycles. The maximum absolute atomic E-state index is 11.5. The van der Waals surface area contributed by atoms with Crippen molar-refractivity contribution >= 4 is 22.3 Å². The quantitative estimate of drug-likeness (QED) is 0.701. The van der Waals surface area contributed by atoms with E-state index >= 15 is 0 Å². The molecule has 0 saturated heterocycles. The number of methoxy groups -OCH3 is 2. The van der Waals surface area contributed by atoms with Crippen molar-refractivity contribution in [3.63, 3.8) is 0 Å². The van der Waals surface area contributed by atoms with Gasteiger partial charge in [0.05, 0.1) is 20.1 Å². The lowest BCUT2D eigenvalue weighted by Crippen LogP contribution is -2.46. The molecule has 0 aromatic heterocycles. The summed E-state index contributed by atoms with van der Waals surface area (Å²) in [5, 5.41) is 0. The summed E-state index contributed by atoms with van der Waals surface area (Å²) in [7, 11) is -1.52. The SMILES string of the molecule is COC(=O)NS(=O)(=O)NC1CCC(C(=O)OC)CC1. The Morgan fingerprint density at radius 2 is 1.63 bits per heavy atom. The van der Waals surface area contributed by atoms with Crippen LogP contribution in [0.5, 0.6) is 0 Å². The zero-order valence-corrected chi connectivity index (χ0v) is 11.7. The molecule has 0 atom stereocenters. The van der Waals surface area contributed by atoms with Crippen LogP contribution in [0, 0.1) is 5.92 Å². The molecule has 0 spiro atoms. The largest absolute Gasteiger partial charge is 0.469 e. The van der Waals surface area contributed by atoms with Gasteiger partial charge in [-0.2, -0.15) is 13.1 Å².